The van der Waals surface area contributed by atoms with Crippen LogP contribution in [0.4, 0.5) is 0 Å². The number of hydrogen-bond donors (Lipinski definition) is 1. The molecular formula is C24H24N4O2. The van der Waals surface area contributed by atoms with Crippen molar-refractivity contribution >= 4 is 5.91 Å². The first kappa shape index (κ1) is 19.5. The number of hydrogen-bond acceptors (Lipinski definition) is 3. The van der Waals surface area contributed by atoms with Gasteiger partial charge < -0.3 is 14.6 Å². The quantitative estimate of drug-likeness (QED) is 0.503. The molecule has 0 atom stereocenters. The van der Waals surface area contributed by atoms with Gasteiger partial charge in [-0.1, -0.05) is 29.8 Å². The van der Waals surface area contributed by atoms with Crippen LogP contribution >= 0.6 is 0 Å². The van der Waals surface area contributed by atoms with Gasteiger partial charge >= 0.3 is 0 Å². The summed E-state index contributed by atoms with van der Waals surface area (Å²) in [4.78, 5) is 13.0. The topological polar surface area (TPSA) is 61.1 Å². The Balaban J connectivity index is 1.58. The Morgan fingerprint density at radius 2 is 1.73 bits per heavy atom. The average Bonchev–Trinajstić information content (AvgIpc) is 3.43. The van der Waals surface area contributed by atoms with Gasteiger partial charge in [-0.25, -0.2) is 4.68 Å². The lowest BCUT2D eigenvalue weighted by Crippen LogP contribution is -2.24. The summed E-state index contributed by atoms with van der Waals surface area (Å²) < 4.78 is 9.15. The van der Waals surface area contributed by atoms with Crippen molar-refractivity contribution in [1.29, 1.82) is 0 Å². The van der Waals surface area contributed by atoms with Gasteiger partial charge in [-0.2, -0.15) is 5.10 Å². The summed E-state index contributed by atoms with van der Waals surface area (Å²) in [5.74, 6) is 1.35. The number of carbonyl (C=O) groups is 1. The van der Waals surface area contributed by atoms with E-state index < -0.39 is 0 Å². The lowest BCUT2D eigenvalue weighted by Gasteiger charge is -2.12. The Morgan fingerprint density at radius 1 is 1.03 bits per heavy atom. The first-order valence-electron chi connectivity index (χ1n) is 9.94. The number of rotatable bonds is 7. The highest BCUT2D eigenvalue weighted by Gasteiger charge is 2.19. The van der Waals surface area contributed by atoms with Gasteiger partial charge in [-0.3, -0.25) is 4.79 Å². The molecule has 0 aliphatic carbocycles. The van der Waals surface area contributed by atoms with E-state index in [4.69, 9.17) is 4.74 Å². The molecule has 0 bridgehead atoms. The van der Waals surface area contributed by atoms with Crippen LogP contribution < -0.4 is 10.1 Å². The van der Waals surface area contributed by atoms with E-state index in [1.54, 1.807) is 10.9 Å². The number of carbonyl (C=O) groups excluding carboxylic acids is 1. The molecule has 1 amide bonds. The van der Waals surface area contributed by atoms with Crippen LogP contribution in [0, 0.1) is 6.92 Å². The van der Waals surface area contributed by atoms with Gasteiger partial charge in [0.15, 0.2) is 5.82 Å². The molecular weight excluding hydrogens is 376 g/mol. The van der Waals surface area contributed by atoms with Gasteiger partial charge in [0.25, 0.3) is 5.91 Å². The van der Waals surface area contributed by atoms with E-state index >= 15 is 0 Å². The van der Waals surface area contributed by atoms with E-state index in [1.807, 2.05) is 91.5 Å². The summed E-state index contributed by atoms with van der Waals surface area (Å²) in [6.07, 6.45) is 5.43. The summed E-state index contributed by atoms with van der Waals surface area (Å²) in [5, 5.41) is 7.50. The van der Waals surface area contributed by atoms with Crippen molar-refractivity contribution in [2.24, 2.45) is 0 Å². The normalized spacial score (nSPS) is 10.7. The number of nitrogens with zero attached hydrogens (tertiary/aromatic N) is 3. The first-order valence-corrected chi connectivity index (χ1v) is 9.94. The summed E-state index contributed by atoms with van der Waals surface area (Å²) in [6.45, 7) is 5.04. The SMILES string of the molecule is CCOc1ccc(CNC(=O)c2cnn(-c3ccc(C)cc3)c2-n2cccc2)cc1. The van der Waals surface area contributed by atoms with Crippen LogP contribution in [0.25, 0.3) is 11.5 Å². The number of amides is 1. The van der Waals surface area contributed by atoms with Gasteiger partial charge in [-0.15, -0.1) is 0 Å². The van der Waals surface area contributed by atoms with Crippen LogP contribution in [-0.2, 0) is 6.54 Å². The van der Waals surface area contributed by atoms with E-state index in [0.29, 0.717) is 24.5 Å². The molecule has 30 heavy (non-hydrogen) atoms. The fraction of sp³-hybridized carbons (Fsp3) is 0.167. The Kier molecular flexibility index (Phi) is 5.66. The van der Waals surface area contributed by atoms with Crippen molar-refractivity contribution in [3.8, 4) is 17.3 Å². The third-order valence-electron chi connectivity index (χ3n) is 4.80. The van der Waals surface area contributed by atoms with Crippen molar-refractivity contribution in [3.05, 3.63) is 95.9 Å². The molecule has 6 nitrogen and oxygen atoms in total. The summed E-state index contributed by atoms with van der Waals surface area (Å²) in [5.41, 5.74) is 3.58. The van der Waals surface area contributed by atoms with E-state index in [1.165, 1.54) is 5.56 Å². The van der Waals surface area contributed by atoms with E-state index in [2.05, 4.69) is 10.4 Å². The molecule has 6 heteroatoms. The molecule has 0 fully saturated rings. The smallest absolute Gasteiger partial charge is 0.256 e. The average molecular weight is 400 g/mol. The fourth-order valence-corrected chi connectivity index (χ4v) is 3.25. The number of benzene rings is 2. The zero-order chi connectivity index (χ0) is 20.9. The molecule has 1 N–H and O–H groups in total. The summed E-state index contributed by atoms with van der Waals surface area (Å²) >= 11 is 0. The van der Waals surface area contributed by atoms with Crippen LogP contribution in [-0.4, -0.2) is 26.9 Å². The molecule has 0 radical (unpaired) electrons. The molecule has 0 saturated heterocycles. The van der Waals surface area contributed by atoms with Crippen LogP contribution in [0.3, 0.4) is 0 Å². The zero-order valence-corrected chi connectivity index (χ0v) is 17.1. The molecule has 0 spiro atoms. The van der Waals surface area contributed by atoms with Gasteiger partial charge in [0.2, 0.25) is 0 Å². The number of ether oxygens (including phenoxy) is 1. The Labute approximate surface area is 175 Å². The highest BCUT2D eigenvalue weighted by atomic mass is 16.5. The highest BCUT2D eigenvalue weighted by molar-refractivity contribution is 5.97. The minimum absolute atomic E-state index is 0.175. The van der Waals surface area contributed by atoms with Crippen molar-refractivity contribution in [1.82, 2.24) is 19.7 Å². The third-order valence-corrected chi connectivity index (χ3v) is 4.80. The standard InChI is InChI=1S/C24H24N4O2/c1-3-30-21-12-8-19(9-13-21)16-25-23(29)22-17-26-28(20-10-6-18(2)7-11-20)24(22)27-14-4-5-15-27/h4-15,17H,3,16H2,1-2H3,(H,25,29). The van der Waals surface area contributed by atoms with Crippen molar-refractivity contribution < 1.29 is 9.53 Å². The minimum atomic E-state index is -0.175. The van der Waals surface area contributed by atoms with Gasteiger partial charge in [-0.05, 0) is 55.8 Å². The minimum Gasteiger partial charge on any atom is -0.494 e. The third kappa shape index (κ3) is 4.12. The van der Waals surface area contributed by atoms with Crippen LogP contribution in [0.2, 0.25) is 0 Å². The number of nitrogens with one attached hydrogen (secondary N) is 1. The van der Waals surface area contributed by atoms with Crippen molar-refractivity contribution in [2.75, 3.05) is 6.61 Å². The molecule has 0 aliphatic heterocycles. The maximum atomic E-state index is 13.0. The number of aryl methyl sites for hydroxylation is 1. The van der Waals surface area contributed by atoms with Gasteiger partial charge in [0, 0.05) is 18.9 Å². The second-order valence-corrected chi connectivity index (χ2v) is 6.98. The summed E-state index contributed by atoms with van der Waals surface area (Å²) in [7, 11) is 0. The summed E-state index contributed by atoms with van der Waals surface area (Å²) in [6, 6.07) is 19.6. The van der Waals surface area contributed by atoms with Crippen LogP contribution in [0.1, 0.15) is 28.4 Å². The Hall–Kier alpha value is -3.80. The molecule has 2 aromatic carbocycles. The lowest BCUT2D eigenvalue weighted by molar-refractivity contribution is 0.0951. The van der Waals surface area contributed by atoms with Crippen LogP contribution in [0.15, 0.2) is 79.3 Å². The molecule has 4 aromatic rings. The molecule has 0 unspecified atom stereocenters. The van der Waals surface area contributed by atoms with Crippen molar-refractivity contribution in [3.63, 3.8) is 0 Å². The van der Waals surface area contributed by atoms with Gasteiger partial charge in [0.05, 0.1) is 18.5 Å². The Bertz CT molecular complexity index is 1110. The molecule has 0 saturated carbocycles. The highest BCUT2D eigenvalue weighted by Crippen LogP contribution is 2.20. The second-order valence-electron chi connectivity index (χ2n) is 6.98. The van der Waals surface area contributed by atoms with E-state index in [0.717, 1.165) is 17.0 Å². The zero-order valence-electron chi connectivity index (χ0n) is 17.1. The maximum Gasteiger partial charge on any atom is 0.256 e. The predicted molar refractivity (Wildman–Crippen MR) is 116 cm³/mol. The first-order chi connectivity index (χ1) is 14.7. The largest absolute Gasteiger partial charge is 0.494 e. The molecule has 2 heterocycles. The lowest BCUT2D eigenvalue weighted by atomic mass is 10.2. The molecule has 4 rings (SSSR count). The monoisotopic (exact) mass is 400 g/mol. The van der Waals surface area contributed by atoms with Crippen molar-refractivity contribution in [2.45, 2.75) is 20.4 Å². The molecule has 2 aromatic heterocycles. The molecule has 0 aliphatic rings. The fourth-order valence-electron chi connectivity index (χ4n) is 3.25. The number of aromatic nitrogens is 3. The van der Waals surface area contributed by atoms with E-state index in [-0.39, 0.29) is 5.91 Å². The second kappa shape index (κ2) is 8.69. The maximum absolute atomic E-state index is 13.0. The molecule has 152 valence electrons. The predicted octanol–water partition coefficient (Wildman–Crippen LogP) is 4.30. The van der Waals surface area contributed by atoms with Gasteiger partial charge in [0.1, 0.15) is 11.3 Å². The Morgan fingerprint density at radius 3 is 2.40 bits per heavy atom. The van der Waals surface area contributed by atoms with E-state index in [9.17, 15) is 4.79 Å². The van der Waals surface area contributed by atoms with Crippen LogP contribution in [0.5, 0.6) is 5.75 Å².